The highest BCUT2D eigenvalue weighted by Gasteiger charge is 2.22. The average molecular weight is 172 g/mol. The molecule has 0 fully saturated rings. The van der Waals surface area contributed by atoms with Crippen molar-refractivity contribution in [3.8, 4) is 5.88 Å². The Bertz CT molecular complexity index is 239. The molecule has 62 valence electrons. The highest BCUT2D eigenvalue weighted by molar-refractivity contribution is 7.06. The zero-order valence-electron chi connectivity index (χ0n) is 7.21. The summed E-state index contributed by atoms with van der Waals surface area (Å²) in [5.74, 6) is 0.655. The van der Waals surface area contributed by atoms with Crippen LogP contribution in [0.2, 0.25) is 0 Å². The summed E-state index contributed by atoms with van der Waals surface area (Å²) in [5.41, 5.74) is 0.0828. The first kappa shape index (κ1) is 8.46. The second-order valence-electron chi connectivity index (χ2n) is 3.36. The van der Waals surface area contributed by atoms with Gasteiger partial charge in [0.25, 0.3) is 0 Å². The molecule has 0 N–H and O–H groups in total. The summed E-state index contributed by atoms with van der Waals surface area (Å²) < 4.78 is 8.87. The number of aromatic nitrogens is 2. The summed E-state index contributed by atoms with van der Waals surface area (Å²) >= 11 is 1.39. The monoisotopic (exact) mass is 172 g/mol. The number of nitrogens with zero attached hydrogens (tertiary/aromatic N) is 2. The highest BCUT2D eigenvalue weighted by Crippen LogP contribution is 2.31. The quantitative estimate of drug-likeness (QED) is 0.648. The summed E-state index contributed by atoms with van der Waals surface area (Å²) in [4.78, 5) is 1.10. The van der Waals surface area contributed by atoms with E-state index in [9.17, 15) is 0 Å². The number of rotatable bonds is 1. The molecule has 0 aliphatic heterocycles. The molecule has 0 aliphatic carbocycles. The lowest BCUT2D eigenvalue weighted by atomic mass is 9.95. The standard InChI is InChI=1S/C7H12N2OS/c1-7(2,3)5-6(10-4)8-9-11-5/h1-4H3. The van der Waals surface area contributed by atoms with Crippen LogP contribution in [-0.2, 0) is 5.41 Å². The van der Waals surface area contributed by atoms with E-state index >= 15 is 0 Å². The van der Waals surface area contributed by atoms with Crippen molar-refractivity contribution in [3.63, 3.8) is 0 Å². The molecule has 3 nitrogen and oxygen atoms in total. The van der Waals surface area contributed by atoms with Crippen molar-refractivity contribution in [3.05, 3.63) is 4.88 Å². The molecule has 1 aromatic rings. The maximum Gasteiger partial charge on any atom is 0.249 e. The third-order valence-electron chi connectivity index (χ3n) is 1.33. The predicted octanol–water partition coefficient (Wildman–Crippen LogP) is 1.84. The lowest BCUT2D eigenvalue weighted by Crippen LogP contribution is -2.10. The molecule has 11 heavy (non-hydrogen) atoms. The molecule has 0 aromatic carbocycles. The van der Waals surface area contributed by atoms with Gasteiger partial charge in [0.15, 0.2) is 0 Å². The fourth-order valence-corrected chi connectivity index (χ4v) is 1.45. The van der Waals surface area contributed by atoms with Gasteiger partial charge in [0.2, 0.25) is 5.88 Å². The Morgan fingerprint density at radius 2 is 2.00 bits per heavy atom. The molecule has 0 amide bonds. The Morgan fingerprint density at radius 1 is 1.36 bits per heavy atom. The summed E-state index contributed by atoms with van der Waals surface area (Å²) in [6.07, 6.45) is 0. The van der Waals surface area contributed by atoms with Gasteiger partial charge >= 0.3 is 0 Å². The first-order chi connectivity index (χ1) is 5.05. The van der Waals surface area contributed by atoms with Crippen LogP contribution in [0.1, 0.15) is 25.6 Å². The molecular formula is C7H12N2OS. The van der Waals surface area contributed by atoms with Crippen LogP contribution in [-0.4, -0.2) is 16.7 Å². The molecule has 0 unspecified atom stereocenters. The molecule has 0 bridgehead atoms. The largest absolute Gasteiger partial charge is 0.479 e. The third-order valence-corrected chi connectivity index (χ3v) is 2.47. The molecule has 1 heterocycles. The van der Waals surface area contributed by atoms with E-state index in [2.05, 4.69) is 30.4 Å². The Labute approximate surface area is 70.6 Å². The van der Waals surface area contributed by atoms with Gasteiger partial charge in [-0.25, -0.2) is 0 Å². The fraction of sp³-hybridized carbons (Fsp3) is 0.714. The molecule has 0 saturated heterocycles. The highest BCUT2D eigenvalue weighted by atomic mass is 32.1. The Morgan fingerprint density at radius 3 is 2.36 bits per heavy atom. The van der Waals surface area contributed by atoms with Crippen LogP contribution in [0.5, 0.6) is 5.88 Å². The molecule has 0 spiro atoms. The number of methoxy groups -OCH3 is 1. The van der Waals surface area contributed by atoms with Crippen LogP contribution in [0.3, 0.4) is 0 Å². The van der Waals surface area contributed by atoms with E-state index in [1.54, 1.807) is 7.11 Å². The van der Waals surface area contributed by atoms with Crippen molar-refractivity contribution < 1.29 is 4.74 Å². The first-order valence-corrected chi connectivity index (χ1v) is 4.20. The van der Waals surface area contributed by atoms with Gasteiger partial charge in [0.05, 0.1) is 12.0 Å². The van der Waals surface area contributed by atoms with E-state index in [0.29, 0.717) is 5.88 Å². The van der Waals surface area contributed by atoms with Crippen molar-refractivity contribution in [2.45, 2.75) is 26.2 Å². The maximum atomic E-state index is 5.05. The minimum atomic E-state index is 0.0828. The minimum Gasteiger partial charge on any atom is -0.479 e. The van der Waals surface area contributed by atoms with Gasteiger partial charge in [0.1, 0.15) is 0 Å². The van der Waals surface area contributed by atoms with E-state index in [4.69, 9.17) is 4.74 Å². The summed E-state index contributed by atoms with van der Waals surface area (Å²) in [5, 5.41) is 3.85. The zero-order chi connectivity index (χ0) is 8.48. The lowest BCUT2D eigenvalue weighted by molar-refractivity contribution is 0.383. The Balaban J connectivity index is 3.02. The minimum absolute atomic E-state index is 0.0828. The van der Waals surface area contributed by atoms with Crippen LogP contribution in [0.15, 0.2) is 0 Å². The normalized spacial score (nSPS) is 11.6. The van der Waals surface area contributed by atoms with Gasteiger partial charge in [-0.2, -0.15) is 0 Å². The van der Waals surface area contributed by atoms with Crippen LogP contribution >= 0.6 is 11.5 Å². The summed E-state index contributed by atoms with van der Waals surface area (Å²) in [6.45, 7) is 6.35. The second-order valence-corrected chi connectivity index (χ2v) is 4.12. The predicted molar refractivity (Wildman–Crippen MR) is 45.2 cm³/mol. The maximum absolute atomic E-state index is 5.05. The Kier molecular flexibility index (Phi) is 2.13. The van der Waals surface area contributed by atoms with Crippen molar-refractivity contribution in [2.24, 2.45) is 0 Å². The molecule has 0 atom stereocenters. The van der Waals surface area contributed by atoms with E-state index in [0.717, 1.165) is 4.88 Å². The number of hydrogen-bond donors (Lipinski definition) is 0. The molecule has 0 saturated carbocycles. The van der Waals surface area contributed by atoms with E-state index in [1.165, 1.54) is 11.5 Å². The van der Waals surface area contributed by atoms with Gasteiger partial charge in [0, 0.05) is 5.41 Å². The van der Waals surface area contributed by atoms with Gasteiger partial charge in [-0.05, 0) is 11.5 Å². The van der Waals surface area contributed by atoms with Gasteiger partial charge in [-0.15, -0.1) is 0 Å². The molecule has 1 aromatic heterocycles. The lowest BCUT2D eigenvalue weighted by Gasteiger charge is -2.15. The van der Waals surface area contributed by atoms with Gasteiger partial charge in [-0.3, -0.25) is 0 Å². The number of hydrogen-bond acceptors (Lipinski definition) is 4. The van der Waals surface area contributed by atoms with Crippen LogP contribution < -0.4 is 4.74 Å². The van der Waals surface area contributed by atoms with E-state index in [1.807, 2.05) is 0 Å². The summed E-state index contributed by atoms with van der Waals surface area (Å²) in [7, 11) is 1.62. The van der Waals surface area contributed by atoms with E-state index in [-0.39, 0.29) is 5.41 Å². The Hall–Kier alpha value is -0.640. The topological polar surface area (TPSA) is 35.0 Å². The van der Waals surface area contributed by atoms with Crippen LogP contribution in [0.25, 0.3) is 0 Å². The zero-order valence-corrected chi connectivity index (χ0v) is 8.03. The van der Waals surface area contributed by atoms with Crippen LogP contribution in [0.4, 0.5) is 0 Å². The van der Waals surface area contributed by atoms with Crippen LogP contribution in [0, 0.1) is 0 Å². The first-order valence-electron chi connectivity index (χ1n) is 3.42. The van der Waals surface area contributed by atoms with Crippen molar-refractivity contribution >= 4 is 11.5 Å². The summed E-state index contributed by atoms with van der Waals surface area (Å²) in [6, 6.07) is 0. The molecule has 1 rings (SSSR count). The van der Waals surface area contributed by atoms with E-state index < -0.39 is 0 Å². The molecular weight excluding hydrogens is 160 g/mol. The molecule has 0 radical (unpaired) electrons. The van der Waals surface area contributed by atoms with Crippen molar-refractivity contribution in [1.82, 2.24) is 9.59 Å². The molecule has 0 aliphatic rings. The SMILES string of the molecule is COc1nnsc1C(C)(C)C. The van der Waals surface area contributed by atoms with Gasteiger partial charge < -0.3 is 4.74 Å². The van der Waals surface area contributed by atoms with Crippen molar-refractivity contribution in [1.29, 1.82) is 0 Å². The smallest absolute Gasteiger partial charge is 0.249 e. The third kappa shape index (κ3) is 1.68. The fourth-order valence-electron chi connectivity index (χ4n) is 0.774. The molecule has 4 heteroatoms. The number of ether oxygens (including phenoxy) is 1. The van der Waals surface area contributed by atoms with Gasteiger partial charge in [-0.1, -0.05) is 30.4 Å². The average Bonchev–Trinajstić information content (AvgIpc) is 2.31. The van der Waals surface area contributed by atoms with Crippen molar-refractivity contribution in [2.75, 3.05) is 7.11 Å². The second kappa shape index (κ2) is 2.77.